The topological polar surface area (TPSA) is 120 Å². The number of rotatable bonds is 5. The second kappa shape index (κ2) is 8.86. The molecule has 6 aromatic rings. The van der Waals surface area contributed by atoms with E-state index >= 15 is 4.39 Å². The lowest BCUT2D eigenvalue weighted by Gasteiger charge is -2.17. The van der Waals surface area contributed by atoms with Crippen LogP contribution >= 0.6 is 11.6 Å². The van der Waals surface area contributed by atoms with E-state index in [-0.39, 0.29) is 23.1 Å². The number of aromatic amines is 1. The van der Waals surface area contributed by atoms with E-state index in [4.69, 9.17) is 21.1 Å². The SMILES string of the molecule is Cc1noc2cc(-c3nc(C4C5CC5c5nc(-c6cc(Cl)ccc6-n6cc(C(F)F)nn6)cc(=O)n54)[nH]c3F)ccc12. The first-order chi connectivity index (χ1) is 20.3. The van der Waals surface area contributed by atoms with Crippen molar-refractivity contribution < 1.29 is 17.7 Å². The number of benzene rings is 2. The summed E-state index contributed by atoms with van der Waals surface area (Å²) in [6.45, 7) is 1.82. The zero-order valence-corrected chi connectivity index (χ0v) is 22.4. The van der Waals surface area contributed by atoms with Crippen LogP contribution in [-0.2, 0) is 0 Å². The second-order valence-corrected chi connectivity index (χ2v) is 10.9. The van der Waals surface area contributed by atoms with Crippen molar-refractivity contribution in [3.63, 3.8) is 0 Å². The number of hydrogen-bond donors (Lipinski definition) is 1. The highest BCUT2D eigenvalue weighted by Gasteiger charge is 2.55. The van der Waals surface area contributed by atoms with E-state index in [2.05, 4.69) is 25.4 Å². The molecule has 14 heteroatoms. The fourth-order valence-corrected chi connectivity index (χ4v) is 6.06. The van der Waals surface area contributed by atoms with Crippen molar-refractivity contribution in [1.29, 1.82) is 0 Å². The van der Waals surface area contributed by atoms with Crippen LogP contribution in [0, 0.1) is 18.8 Å². The van der Waals surface area contributed by atoms with Gasteiger partial charge in [0, 0.05) is 33.5 Å². The summed E-state index contributed by atoms with van der Waals surface area (Å²) in [5.41, 5.74) is 2.17. The third kappa shape index (κ3) is 3.73. The van der Waals surface area contributed by atoms with Crippen LogP contribution in [0.15, 0.2) is 58.0 Å². The Morgan fingerprint density at radius 1 is 1.14 bits per heavy atom. The average molecular weight is 591 g/mol. The van der Waals surface area contributed by atoms with E-state index in [1.807, 2.05) is 6.92 Å². The van der Waals surface area contributed by atoms with Crippen molar-refractivity contribution in [2.45, 2.75) is 31.7 Å². The Bertz CT molecular complexity index is 2120. The Morgan fingerprint density at radius 2 is 2.00 bits per heavy atom. The minimum absolute atomic E-state index is 0.0148. The van der Waals surface area contributed by atoms with Crippen molar-refractivity contribution in [3.05, 3.63) is 93.0 Å². The molecule has 1 fully saturated rings. The molecule has 1 aliphatic carbocycles. The van der Waals surface area contributed by atoms with Crippen LogP contribution in [0.3, 0.4) is 0 Å². The van der Waals surface area contributed by atoms with E-state index in [9.17, 15) is 13.6 Å². The van der Waals surface area contributed by atoms with E-state index in [0.29, 0.717) is 44.8 Å². The first-order valence-electron chi connectivity index (χ1n) is 13.0. The predicted molar refractivity (Wildman–Crippen MR) is 144 cm³/mol. The molecule has 3 atom stereocenters. The van der Waals surface area contributed by atoms with Crippen LogP contribution in [0.5, 0.6) is 0 Å². The van der Waals surface area contributed by atoms with Gasteiger partial charge in [0.25, 0.3) is 12.0 Å². The molecule has 1 saturated carbocycles. The smallest absolute Gasteiger partial charge is 0.283 e. The summed E-state index contributed by atoms with van der Waals surface area (Å²) in [5.74, 6) is 0.240. The van der Waals surface area contributed by atoms with Crippen LogP contribution in [0.2, 0.25) is 5.02 Å². The summed E-state index contributed by atoms with van der Waals surface area (Å²) < 4.78 is 49.6. The number of nitrogens with zero attached hydrogens (tertiary/aromatic N) is 7. The van der Waals surface area contributed by atoms with E-state index in [0.717, 1.165) is 23.7 Å². The van der Waals surface area contributed by atoms with Gasteiger partial charge in [0.05, 0.1) is 29.3 Å². The van der Waals surface area contributed by atoms with Crippen molar-refractivity contribution in [2.24, 2.45) is 5.92 Å². The number of imidazole rings is 1. The Hall–Kier alpha value is -4.78. The standard InChI is InChI=1S/C28H18ClF3N8O2/c1-11-14-4-2-12(6-21(14)42-37-11)23-26(32)35-27(34-23)24-15-8-16(15)28-33-18(9-22(41)40(24)28)17-7-13(29)3-5-20(17)39-10-19(25(30)31)36-38-39/h2-7,9-10,15-16,24-25H,8H2,1H3,(H,34,35). The molecule has 0 bridgehead atoms. The third-order valence-electron chi connectivity index (χ3n) is 7.93. The summed E-state index contributed by atoms with van der Waals surface area (Å²) >= 11 is 6.27. The first-order valence-corrected chi connectivity index (χ1v) is 13.4. The molecule has 2 aromatic carbocycles. The monoisotopic (exact) mass is 590 g/mol. The molecule has 8 rings (SSSR count). The van der Waals surface area contributed by atoms with Crippen LogP contribution in [0.25, 0.3) is 39.2 Å². The highest BCUT2D eigenvalue weighted by Crippen LogP contribution is 2.60. The van der Waals surface area contributed by atoms with Crippen molar-refractivity contribution >= 4 is 22.6 Å². The van der Waals surface area contributed by atoms with Crippen molar-refractivity contribution in [2.75, 3.05) is 0 Å². The number of halogens is 4. The number of aryl methyl sites for hydroxylation is 1. The molecular formula is C28H18ClF3N8O2. The van der Waals surface area contributed by atoms with E-state index in [1.165, 1.54) is 10.7 Å². The Labute approximate surface area is 238 Å². The summed E-state index contributed by atoms with van der Waals surface area (Å²) in [6.07, 6.45) is -0.915. The van der Waals surface area contributed by atoms with Crippen molar-refractivity contribution in [3.8, 4) is 28.2 Å². The highest BCUT2D eigenvalue weighted by molar-refractivity contribution is 6.31. The number of fused-ring (bicyclic) bond motifs is 4. The van der Waals surface area contributed by atoms with Gasteiger partial charge < -0.3 is 9.51 Å². The maximum atomic E-state index is 15.2. The molecule has 3 unspecified atom stereocenters. The van der Waals surface area contributed by atoms with Crippen LogP contribution < -0.4 is 5.56 Å². The van der Waals surface area contributed by atoms with Crippen LogP contribution in [0.4, 0.5) is 13.2 Å². The molecule has 2 aliphatic rings. The van der Waals surface area contributed by atoms with Gasteiger partial charge in [-0.1, -0.05) is 28.0 Å². The summed E-state index contributed by atoms with van der Waals surface area (Å²) in [5, 5.41) is 12.5. The summed E-state index contributed by atoms with van der Waals surface area (Å²) in [6, 6.07) is 10.8. The normalized spacial score (nSPS) is 19.0. The summed E-state index contributed by atoms with van der Waals surface area (Å²) in [7, 11) is 0. The molecule has 10 nitrogen and oxygen atoms in total. The quantitative estimate of drug-likeness (QED) is 0.271. The minimum Gasteiger partial charge on any atom is -0.356 e. The molecule has 1 aliphatic heterocycles. The van der Waals surface area contributed by atoms with Crippen molar-refractivity contribution in [1.82, 2.24) is 39.7 Å². The first kappa shape index (κ1) is 25.0. The summed E-state index contributed by atoms with van der Waals surface area (Å²) in [4.78, 5) is 25.7. The number of nitrogens with one attached hydrogen (secondary N) is 1. The van der Waals surface area contributed by atoms with E-state index < -0.39 is 24.1 Å². The number of H-pyrrole nitrogens is 1. The average Bonchev–Trinajstić information content (AvgIpc) is 3.30. The maximum absolute atomic E-state index is 15.2. The third-order valence-corrected chi connectivity index (χ3v) is 8.17. The molecule has 0 amide bonds. The molecule has 4 aromatic heterocycles. The molecule has 1 N–H and O–H groups in total. The maximum Gasteiger partial charge on any atom is 0.283 e. The molecule has 5 heterocycles. The van der Waals surface area contributed by atoms with Gasteiger partial charge in [-0.25, -0.2) is 23.4 Å². The highest BCUT2D eigenvalue weighted by atomic mass is 35.5. The van der Waals surface area contributed by atoms with Crippen LogP contribution in [-0.4, -0.2) is 39.7 Å². The second-order valence-electron chi connectivity index (χ2n) is 10.5. The fraction of sp³-hybridized carbons (Fsp3) is 0.214. The predicted octanol–water partition coefficient (Wildman–Crippen LogP) is 5.77. The lowest BCUT2D eigenvalue weighted by molar-refractivity contribution is 0.146. The van der Waals surface area contributed by atoms with Crippen LogP contribution in [0.1, 0.15) is 47.8 Å². The molecule has 42 heavy (non-hydrogen) atoms. The minimum atomic E-state index is -2.79. The Morgan fingerprint density at radius 3 is 2.81 bits per heavy atom. The molecule has 210 valence electrons. The van der Waals surface area contributed by atoms with Gasteiger partial charge in [-0.15, -0.1) is 5.10 Å². The Balaban J connectivity index is 1.20. The van der Waals surface area contributed by atoms with Gasteiger partial charge in [-0.3, -0.25) is 9.36 Å². The number of alkyl halides is 2. The van der Waals surface area contributed by atoms with Gasteiger partial charge >= 0.3 is 0 Å². The van der Waals surface area contributed by atoms with Gasteiger partial charge in [0.2, 0.25) is 5.95 Å². The van der Waals surface area contributed by atoms with Gasteiger partial charge in [-0.2, -0.15) is 4.39 Å². The molecule has 0 saturated heterocycles. The lowest BCUT2D eigenvalue weighted by Crippen LogP contribution is -2.27. The fourth-order valence-electron chi connectivity index (χ4n) is 5.88. The molecule has 0 spiro atoms. The molecular weight excluding hydrogens is 573 g/mol. The molecule has 0 radical (unpaired) electrons. The number of aromatic nitrogens is 8. The number of hydrogen-bond acceptors (Lipinski definition) is 7. The van der Waals surface area contributed by atoms with Gasteiger partial charge in [0.1, 0.15) is 23.0 Å². The van der Waals surface area contributed by atoms with Gasteiger partial charge in [-0.05, 0) is 49.6 Å². The Kier molecular flexibility index (Phi) is 5.27. The largest absolute Gasteiger partial charge is 0.356 e. The zero-order chi connectivity index (χ0) is 28.9. The zero-order valence-electron chi connectivity index (χ0n) is 21.6. The van der Waals surface area contributed by atoms with E-state index in [1.54, 1.807) is 41.0 Å². The lowest BCUT2D eigenvalue weighted by atomic mass is 10.1. The van der Waals surface area contributed by atoms with Gasteiger partial charge in [0.15, 0.2) is 5.58 Å².